The van der Waals surface area contributed by atoms with Gasteiger partial charge in [-0.15, -0.1) is 11.3 Å². The number of hydrogen-bond acceptors (Lipinski definition) is 3. The van der Waals surface area contributed by atoms with Crippen LogP contribution in [0.2, 0.25) is 0 Å². The molecule has 0 radical (unpaired) electrons. The van der Waals surface area contributed by atoms with E-state index in [0.29, 0.717) is 12.0 Å². The molecular weight excluding hydrogens is 224 g/mol. The van der Waals surface area contributed by atoms with E-state index < -0.39 is 5.97 Å². The highest BCUT2D eigenvalue weighted by Crippen LogP contribution is 2.18. The Morgan fingerprint density at radius 2 is 2.44 bits per heavy atom. The lowest BCUT2D eigenvalue weighted by Gasteiger charge is -2.02. The van der Waals surface area contributed by atoms with Crippen molar-refractivity contribution in [1.82, 2.24) is 9.55 Å². The van der Waals surface area contributed by atoms with E-state index in [1.165, 1.54) is 11.3 Å². The van der Waals surface area contributed by atoms with Crippen molar-refractivity contribution in [2.24, 2.45) is 0 Å². The fraction of sp³-hybridized carbons (Fsp3) is 0.273. The fourth-order valence-electron chi connectivity index (χ4n) is 1.54. The van der Waals surface area contributed by atoms with Crippen molar-refractivity contribution in [3.05, 3.63) is 40.1 Å². The third kappa shape index (κ3) is 2.14. The van der Waals surface area contributed by atoms with Crippen molar-refractivity contribution in [3.8, 4) is 0 Å². The maximum Gasteiger partial charge on any atom is 0.336 e. The molecule has 0 aliphatic rings. The van der Waals surface area contributed by atoms with E-state index in [1.807, 2.05) is 6.20 Å². The highest BCUT2D eigenvalue weighted by atomic mass is 32.1. The van der Waals surface area contributed by atoms with Crippen LogP contribution in [0.25, 0.3) is 0 Å². The summed E-state index contributed by atoms with van der Waals surface area (Å²) in [5, 5.41) is 10.5. The number of carbonyl (C=O) groups is 1. The van der Waals surface area contributed by atoms with Crippen LogP contribution in [0.5, 0.6) is 0 Å². The maximum atomic E-state index is 10.7. The smallest absolute Gasteiger partial charge is 0.336 e. The van der Waals surface area contributed by atoms with Gasteiger partial charge in [-0.1, -0.05) is 0 Å². The lowest BCUT2D eigenvalue weighted by molar-refractivity contribution is 0.0697. The molecule has 0 aliphatic carbocycles. The number of hydrogen-bond donors (Lipinski definition) is 1. The molecule has 4 nitrogen and oxygen atoms in total. The van der Waals surface area contributed by atoms with Gasteiger partial charge in [-0.2, -0.15) is 0 Å². The highest BCUT2D eigenvalue weighted by Gasteiger charge is 2.09. The minimum atomic E-state index is -0.874. The molecule has 0 atom stereocenters. The normalized spacial score (nSPS) is 10.6. The molecule has 2 rings (SSSR count). The van der Waals surface area contributed by atoms with Crippen LogP contribution in [0.3, 0.4) is 0 Å². The van der Waals surface area contributed by atoms with Crippen molar-refractivity contribution in [3.63, 3.8) is 0 Å². The minimum Gasteiger partial charge on any atom is -0.478 e. The first-order valence-corrected chi connectivity index (χ1v) is 5.89. The monoisotopic (exact) mass is 236 g/mol. The summed E-state index contributed by atoms with van der Waals surface area (Å²) in [4.78, 5) is 16.0. The third-order valence-corrected chi connectivity index (χ3v) is 3.31. The summed E-state index contributed by atoms with van der Waals surface area (Å²) >= 11 is 1.46. The molecular formula is C11H12N2O2S. The molecule has 0 amide bonds. The Kier molecular flexibility index (Phi) is 3.05. The van der Waals surface area contributed by atoms with Gasteiger partial charge in [-0.3, -0.25) is 0 Å². The number of carboxylic acid groups (broad SMARTS) is 1. The van der Waals surface area contributed by atoms with Gasteiger partial charge in [-0.05, 0) is 13.0 Å². The van der Waals surface area contributed by atoms with Gasteiger partial charge in [0.1, 0.15) is 5.82 Å². The van der Waals surface area contributed by atoms with Gasteiger partial charge in [0, 0.05) is 35.6 Å². The summed E-state index contributed by atoms with van der Waals surface area (Å²) in [5.74, 6) is 0.0997. The number of carboxylic acids is 1. The first-order valence-electron chi connectivity index (χ1n) is 5.01. The molecule has 16 heavy (non-hydrogen) atoms. The van der Waals surface area contributed by atoms with Crippen LogP contribution in [-0.2, 0) is 13.0 Å². The van der Waals surface area contributed by atoms with Crippen LogP contribution in [0.15, 0.2) is 23.8 Å². The SMILES string of the molecule is CCn1ccnc1Cc1cc(C(=O)O)cs1. The zero-order valence-corrected chi connectivity index (χ0v) is 9.70. The number of aromatic nitrogens is 2. The maximum absolute atomic E-state index is 10.7. The largest absolute Gasteiger partial charge is 0.478 e. The molecule has 0 aromatic carbocycles. The van der Waals surface area contributed by atoms with Crippen molar-refractivity contribution < 1.29 is 9.90 Å². The summed E-state index contributed by atoms with van der Waals surface area (Å²) in [6.45, 7) is 2.94. The summed E-state index contributed by atoms with van der Waals surface area (Å²) in [7, 11) is 0. The number of thiophene rings is 1. The Morgan fingerprint density at radius 3 is 3.06 bits per heavy atom. The third-order valence-electron chi connectivity index (χ3n) is 2.38. The van der Waals surface area contributed by atoms with Gasteiger partial charge in [0.25, 0.3) is 0 Å². The summed E-state index contributed by atoms with van der Waals surface area (Å²) in [5.41, 5.74) is 0.356. The van der Waals surface area contributed by atoms with Gasteiger partial charge in [0.2, 0.25) is 0 Å². The van der Waals surface area contributed by atoms with Crippen LogP contribution in [-0.4, -0.2) is 20.6 Å². The van der Waals surface area contributed by atoms with Crippen molar-refractivity contribution >= 4 is 17.3 Å². The van der Waals surface area contributed by atoms with E-state index in [0.717, 1.165) is 17.2 Å². The van der Waals surface area contributed by atoms with Crippen molar-refractivity contribution in [1.29, 1.82) is 0 Å². The van der Waals surface area contributed by atoms with Gasteiger partial charge in [0.05, 0.1) is 5.56 Å². The Morgan fingerprint density at radius 1 is 1.62 bits per heavy atom. The van der Waals surface area contributed by atoms with Gasteiger partial charge >= 0.3 is 5.97 Å². The van der Waals surface area contributed by atoms with E-state index in [-0.39, 0.29) is 0 Å². The van der Waals surface area contributed by atoms with Crippen LogP contribution in [0.4, 0.5) is 0 Å². The lowest BCUT2D eigenvalue weighted by atomic mass is 10.2. The van der Waals surface area contributed by atoms with Gasteiger partial charge in [-0.25, -0.2) is 9.78 Å². The molecule has 2 heterocycles. The van der Waals surface area contributed by atoms with Gasteiger partial charge in [0.15, 0.2) is 0 Å². The van der Waals surface area contributed by atoms with Crippen molar-refractivity contribution in [2.45, 2.75) is 19.9 Å². The topological polar surface area (TPSA) is 55.1 Å². The standard InChI is InChI=1S/C11H12N2O2S/c1-2-13-4-3-12-10(13)6-9-5-8(7-16-9)11(14)15/h3-5,7H,2,6H2,1H3,(H,14,15). The second-order valence-electron chi connectivity index (χ2n) is 3.41. The van der Waals surface area contributed by atoms with Crippen LogP contribution in [0.1, 0.15) is 28.0 Å². The molecule has 5 heteroatoms. The van der Waals surface area contributed by atoms with E-state index in [1.54, 1.807) is 17.6 Å². The van der Waals surface area contributed by atoms with E-state index >= 15 is 0 Å². The predicted molar refractivity (Wildman–Crippen MR) is 62.0 cm³/mol. The highest BCUT2D eigenvalue weighted by molar-refractivity contribution is 7.10. The van der Waals surface area contributed by atoms with Gasteiger partial charge < -0.3 is 9.67 Å². The van der Waals surface area contributed by atoms with Crippen LogP contribution < -0.4 is 0 Å². The molecule has 0 unspecified atom stereocenters. The fourth-order valence-corrected chi connectivity index (χ4v) is 2.39. The minimum absolute atomic E-state index is 0.356. The molecule has 0 aliphatic heterocycles. The molecule has 0 bridgehead atoms. The first-order chi connectivity index (χ1) is 7.70. The first kappa shape index (κ1) is 10.9. The molecule has 2 aromatic rings. The molecule has 0 spiro atoms. The van der Waals surface area contributed by atoms with E-state index in [9.17, 15) is 4.79 Å². The van der Waals surface area contributed by atoms with E-state index in [4.69, 9.17) is 5.11 Å². The number of rotatable bonds is 4. The Hall–Kier alpha value is -1.62. The Labute approximate surface area is 97.2 Å². The number of aromatic carboxylic acids is 1. The van der Waals surface area contributed by atoms with E-state index in [2.05, 4.69) is 16.5 Å². The second kappa shape index (κ2) is 4.49. The van der Waals surface area contributed by atoms with Crippen LogP contribution >= 0.6 is 11.3 Å². The number of imidazole rings is 1. The Balaban J connectivity index is 2.17. The number of aryl methyl sites for hydroxylation is 1. The second-order valence-corrected chi connectivity index (χ2v) is 4.41. The molecule has 2 aromatic heterocycles. The summed E-state index contributed by atoms with van der Waals surface area (Å²) in [6, 6.07) is 1.71. The average Bonchev–Trinajstić information content (AvgIpc) is 2.87. The van der Waals surface area contributed by atoms with Crippen LogP contribution in [0, 0.1) is 0 Å². The summed E-state index contributed by atoms with van der Waals surface area (Å²) < 4.78 is 2.06. The Bertz CT molecular complexity index is 502. The molecule has 84 valence electrons. The predicted octanol–water partition coefficient (Wildman–Crippen LogP) is 2.25. The lowest BCUT2D eigenvalue weighted by Crippen LogP contribution is -2.00. The summed E-state index contributed by atoms with van der Waals surface area (Å²) in [6.07, 6.45) is 4.39. The molecule has 0 fully saturated rings. The zero-order chi connectivity index (χ0) is 11.5. The molecule has 1 N–H and O–H groups in total. The van der Waals surface area contributed by atoms with Crippen molar-refractivity contribution in [2.75, 3.05) is 0 Å². The molecule has 0 saturated heterocycles. The zero-order valence-electron chi connectivity index (χ0n) is 8.88. The average molecular weight is 236 g/mol. The molecule has 0 saturated carbocycles. The number of nitrogens with zero attached hydrogens (tertiary/aromatic N) is 2. The quantitative estimate of drug-likeness (QED) is 0.885.